The van der Waals surface area contributed by atoms with Gasteiger partial charge in [0, 0.05) is 5.92 Å². The molecule has 7 heteroatoms. The van der Waals surface area contributed by atoms with Crippen molar-refractivity contribution in [2.24, 2.45) is 5.92 Å². The summed E-state index contributed by atoms with van der Waals surface area (Å²) in [5.74, 6) is 1.24. The van der Waals surface area contributed by atoms with Crippen molar-refractivity contribution in [1.82, 2.24) is 20.1 Å². The summed E-state index contributed by atoms with van der Waals surface area (Å²) < 4.78 is 1.89. The van der Waals surface area contributed by atoms with Crippen molar-refractivity contribution in [1.29, 1.82) is 5.26 Å². The average molecular weight is 384 g/mol. The zero-order valence-electron chi connectivity index (χ0n) is 16.1. The largest absolute Gasteiger partial charge is 0.337 e. The third kappa shape index (κ3) is 4.33. The van der Waals surface area contributed by atoms with Crippen molar-refractivity contribution < 1.29 is 4.79 Å². The van der Waals surface area contributed by atoms with Gasteiger partial charge < -0.3 is 5.32 Å². The van der Waals surface area contributed by atoms with Crippen LogP contribution in [0.25, 0.3) is 5.69 Å². The molecule has 0 bridgehead atoms. The SMILES string of the molecule is CC(C)[C@](C)(C#N)NC(=O)[C@H](C)Sc1nc(C2CC2)n(-c2ccccc2)n1. The van der Waals surface area contributed by atoms with Crippen molar-refractivity contribution >= 4 is 17.7 Å². The Morgan fingerprint density at radius 3 is 2.56 bits per heavy atom. The highest BCUT2D eigenvalue weighted by Crippen LogP contribution is 2.40. The first kappa shape index (κ1) is 19.4. The molecule has 0 saturated heterocycles. The van der Waals surface area contributed by atoms with Crippen LogP contribution in [0.15, 0.2) is 35.5 Å². The Labute approximate surface area is 164 Å². The molecule has 1 aliphatic carbocycles. The maximum Gasteiger partial charge on any atom is 0.234 e. The number of nitriles is 1. The lowest BCUT2D eigenvalue weighted by Crippen LogP contribution is -2.51. The molecule has 0 unspecified atom stereocenters. The maximum absolute atomic E-state index is 12.6. The lowest BCUT2D eigenvalue weighted by molar-refractivity contribution is -0.121. The van der Waals surface area contributed by atoms with E-state index in [1.807, 2.05) is 55.8 Å². The van der Waals surface area contributed by atoms with Crippen LogP contribution in [0.1, 0.15) is 52.3 Å². The summed E-state index contributed by atoms with van der Waals surface area (Å²) in [7, 11) is 0. The van der Waals surface area contributed by atoms with E-state index in [0.717, 1.165) is 24.4 Å². The lowest BCUT2D eigenvalue weighted by Gasteiger charge is -2.28. The van der Waals surface area contributed by atoms with Crippen molar-refractivity contribution in [2.45, 2.75) is 62.4 Å². The number of carbonyl (C=O) groups is 1. The predicted octanol–water partition coefficient (Wildman–Crippen LogP) is 3.68. The first-order valence-electron chi connectivity index (χ1n) is 9.26. The fourth-order valence-electron chi connectivity index (χ4n) is 2.59. The molecule has 2 aromatic rings. The molecule has 1 aromatic heterocycles. The summed E-state index contributed by atoms with van der Waals surface area (Å²) in [6.07, 6.45) is 2.25. The number of thioether (sulfide) groups is 1. The Bertz CT molecular complexity index is 853. The average Bonchev–Trinajstić information content (AvgIpc) is 3.42. The van der Waals surface area contributed by atoms with Gasteiger partial charge in [-0.2, -0.15) is 5.26 Å². The topological polar surface area (TPSA) is 83.6 Å². The molecule has 0 aliphatic heterocycles. The molecule has 1 amide bonds. The van der Waals surface area contributed by atoms with Gasteiger partial charge in [-0.3, -0.25) is 4.79 Å². The zero-order chi connectivity index (χ0) is 19.6. The van der Waals surface area contributed by atoms with Crippen molar-refractivity contribution in [3.8, 4) is 11.8 Å². The molecule has 1 N–H and O–H groups in total. The van der Waals surface area contributed by atoms with E-state index in [9.17, 15) is 10.1 Å². The van der Waals surface area contributed by atoms with Gasteiger partial charge in [0.1, 0.15) is 11.4 Å². The van der Waals surface area contributed by atoms with Crippen LogP contribution >= 0.6 is 11.8 Å². The Kier molecular flexibility index (Phi) is 5.56. The molecule has 3 rings (SSSR count). The second-order valence-corrected chi connectivity index (χ2v) is 8.80. The number of para-hydroxylation sites is 1. The number of rotatable bonds is 7. The summed E-state index contributed by atoms with van der Waals surface area (Å²) in [6, 6.07) is 12.1. The smallest absolute Gasteiger partial charge is 0.234 e. The number of carbonyl (C=O) groups excluding carboxylic acids is 1. The van der Waals surface area contributed by atoms with E-state index in [4.69, 9.17) is 4.98 Å². The van der Waals surface area contributed by atoms with Gasteiger partial charge >= 0.3 is 0 Å². The molecule has 1 saturated carbocycles. The van der Waals surface area contributed by atoms with Crippen molar-refractivity contribution in [2.75, 3.05) is 0 Å². The maximum atomic E-state index is 12.6. The summed E-state index contributed by atoms with van der Waals surface area (Å²) in [5, 5.41) is 17.1. The highest BCUT2D eigenvalue weighted by molar-refractivity contribution is 8.00. The lowest BCUT2D eigenvalue weighted by atomic mass is 9.90. The van der Waals surface area contributed by atoms with Gasteiger partial charge in [-0.05, 0) is 44.7 Å². The molecule has 0 radical (unpaired) electrons. The van der Waals surface area contributed by atoms with Crippen LogP contribution in [-0.2, 0) is 4.79 Å². The summed E-state index contributed by atoms with van der Waals surface area (Å²) in [5.41, 5.74) is 0.0924. The van der Waals surface area contributed by atoms with Crippen molar-refractivity contribution in [3.05, 3.63) is 36.2 Å². The van der Waals surface area contributed by atoms with Crippen LogP contribution in [-0.4, -0.2) is 31.5 Å². The summed E-state index contributed by atoms with van der Waals surface area (Å²) in [6.45, 7) is 7.41. The van der Waals surface area contributed by atoms with Gasteiger partial charge in [-0.1, -0.05) is 43.8 Å². The van der Waals surface area contributed by atoms with E-state index in [2.05, 4.69) is 16.5 Å². The van der Waals surface area contributed by atoms with Crippen LogP contribution in [0, 0.1) is 17.2 Å². The molecule has 27 heavy (non-hydrogen) atoms. The summed E-state index contributed by atoms with van der Waals surface area (Å²) in [4.78, 5) is 17.3. The van der Waals surface area contributed by atoms with E-state index in [1.54, 1.807) is 6.92 Å². The molecule has 1 aliphatic rings. The fraction of sp³-hybridized carbons (Fsp3) is 0.500. The number of nitrogens with one attached hydrogen (secondary N) is 1. The number of nitrogens with zero attached hydrogens (tertiary/aromatic N) is 4. The molecule has 2 atom stereocenters. The Morgan fingerprint density at radius 2 is 2.00 bits per heavy atom. The molecule has 6 nitrogen and oxygen atoms in total. The van der Waals surface area contributed by atoms with Crippen LogP contribution < -0.4 is 5.32 Å². The van der Waals surface area contributed by atoms with Gasteiger partial charge in [0.15, 0.2) is 0 Å². The van der Waals surface area contributed by atoms with E-state index >= 15 is 0 Å². The van der Waals surface area contributed by atoms with Crippen LogP contribution in [0.3, 0.4) is 0 Å². The Morgan fingerprint density at radius 1 is 1.33 bits per heavy atom. The number of hydrogen-bond acceptors (Lipinski definition) is 5. The fourth-order valence-corrected chi connectivity index (χ4v) is 3.35. The second-order valence-electron chi connectivity index (χ2n) is 7.49. The highest BCUT2D eigenvalue weighted by Gasteiger charge is 2.33. The van der Waals surface area contributed by atoms with Gasteiger partial charge in [-0.15, -0.1) is 5.10 Å². The molecule has 1 heterocycles. The number of amides is 1. The monoisotopic (exact) mass is 383 g/mol. The highest BCUT2D eigenvalue weighted by atomic mass is 32.2. The van der Waals surface area contributed by atoms with Crippen LogP contribution in [0.5, 0.6) is 0 Å². The molecular formula is C20H25N5OS. The Balaban J connectivity index is 1.76. The van der Waals surface area contributed by atoms with Gasteiger partial charge in [-0.25, -0.2) is 9.67 Å². The van der Waals surface area contributed by atoms with Gasteiger partial charge in [0.25, 0.3) is 0 Å². The van der Waals surface area contributed by atoms with Crippen LogP contribution in [0.2, 0.25) is 0 Å². The second kappa shape index (κ2) is 7.73. The van der Waals surface area contributed by atoms with Crippen molar-refractivity contribution in [3.63, 3.8) is 0 Å². The Hall–Kier alpha value is -2.33. The van der Waals surface area contributed by atoms with E-state index in [1.165, 1.54) is 11.8 Å². The normalized spacial score (nSPS) is 17.2. The molecule has 0 spiro atoms. The van der Waals surface area contributed by atoms with Gasteiger partial charge in [0.05, 0.1) is 17.0 Å². The quantitative estimate of drug-likeness (QED) is 0.737. The van der Waals surface area contributed by atoms with E-state index in [0.29, 0.717) is 11.1 Å². The minimum atomic E-state index is -0.887. The number of hydrogen-bond donors (Lipinski definition) is 1. The first-order chi connectivity index (χ1) is 12.8. The number of aromatic nitrogens is 3. The molecule has 142 valence electrons. The summed E-state index contributed by atoms with van der Waals surface area (Å²) >= 11 is 1.32. The van der Waals surface area contributed by atoms with Gasteiger partial charge in [0.2, 0.25) is 11.1 Å². The van der Waals surface area contributed by atoms with Crippen LogP contribution in [0.4, 0.5) is 0 Å². The van der Waals surface area contributed by atoms with E-state index < -0.39 is 10.8 Å². The first-order valence-corrected chi connectivity index (χ1v) is 10.1. The minimum Gasteiger partial charge on any atom is -0.337 e. The molecular weight excluding hydrogens is 358 g/mol. The molecule has 1 fully saturated rings. The standard InChI is InChI=1S/C20H25N5OS/c1-13(2)20(4,12-21)23-18(26)14(3)27-19-22-17(15-10-11-15)25(24-19)16-8-6-5-7-9-16/h5-9,13-15H,10-11H2,1-4H3,(H,23,26)/t14-,20-/m0/s1. The predicted molar refractivity (Wildman–Crippen MR) is 106 cm³/mol. The van der Waals surface area contributed by atoms with E-state index in [-0.39, 0.29) is 11.8 Å². The number of benzene rings is 1. The minimum absolute atomic E-state index is 0.0144. The molecule has 1 aromatic carbocycles. The third-order valence-electron chi connectivity index (χ3n) is 4.98. The zero-order valence-corrected chi connectivity index (χ0v) is 17.0. The third-order valence-corrected chi connectivity index (χ3v) is 5.93.